The molecule has 2 fully saturated rings. The second kappa shape index (κ2) is 10.7. The number of likely N-dealkylation sites (tertiary alicyclic amines) is 1. The van der Waals surface area contributed by atoms with Gasteiger partial charge >= 0.3 is 6.18 Å². The van der Waals surface area contributed by atoms with E-state index in [9.17, 15) is 23.5 Å². The highest BCUT2D eigenvalue weighted by Crippen LogP contribution is 2.47. The number of anilines is 1. The van der Waals surface area contributed by atoms with Crippen molar-refractivity contribution in [1.29, 1.82) is 5.26 Å². The summed E-state index contributed by atoms with van der Waals surface area (Å²) in [6, 6.07) is 10.9. The van der Waals surface area contributed by atoms with Gasteiger partial charge in [0.2, 0.25) is 0 Å². The zero-order chi connectivity index (χ0) is 29.8. The number of oxazole rings is 1. The lowest BCUT2D eigenvalue weighted by molar-refractivity contribution is -0.0688. The van der Waals surface area contributed by atoms with E-state index in [1.54, 1.807) is 7.05 Å². The molecule has 3 aliphatic heterocycles. The van der Waals surface area contributed by atoms with Gasteiger partial charge in [0.1, 0.15) is 29.0 Å². The number of aliphatic hydroxyl groups excluding tert-OH is 1. The maximum atomic E-state index is 14.0. The molecule has 0 bridgehead atoms. The van der Waals surface area contributed by atoms with Crippen molar-refractivity contribution in [3.8, 4) is 11.8 Å². The minimum Gasteiger partial charge on any atom is -0.487 e. The second-order valence-corrected chi connectivity index (χ2v) is 11.1. The molecule has 220 valence electrons. The average Bonchev–Trinajstić information content (AvgIpc) is 3.63. The molecule has 42 heavy (non-hydrogen) atoms. The van der Waals surface area contributed by atoms with Gasteiger partial charge in [-0.1, -0.05) is 12.6 Å². The van der Waals surface area contributed by atoms with Crippen molar-refractivity contribution in [1.82, 2.24) is 9.88 Å². The Morgan fingerprint density at radius 1 is 1.19 bits per heavy atom. The van der Waals surface area contributed by atoms with Crippen LogP contribution in [0.3, 0.4) is 0 Å². The number of aromatic nitrogens is 1. The van der Waals surface area contributed by atoms with E-state index in [0.717, 1.165) is 16.7 Å². The lowest BCUT2D eigenvalue weighted by Gasteiger charge is -2.41. The average molecular weight is 581 g/mol. The third-order valence-corrected chi connectivity index (χ3v) is 8.30. The van der Waals surface area contributed by atoms with Crippen LogP contribution in [0.15, 0.2) is 46.9 Å². The Hall–Kier alpha value is -4.01. The highest BCUT2D eigenvalue weighted by molar-refractivity contribution is 5.88. The summed E-state index contributed by atoms with van der Waals surface area (Å²) in [4.78, 5) is 8.13. The number of halogens is 3. The number of hydrogen-bond acceptors (Lipinski definition) is 8. The Bertz CT molecular complexity index is 1610. The molecule has 3 aromatic rings. The lowest BCUT2D eigenvalue weighted by Crippen LogP contribution is -2.41. The summed E-state index contributed by atoms with van der Waals surface area (Å²) in [5, 5.41) is 21.2. The van der Waals surface area contributed by atoms with E-state index in [-0.39, 0.29) is 29.4 Å². The molecule has 1 aromatic heterocycles. The number of piperidine rings is 1. The van der Waals surface area contributed by atoms with Crippen LogP contribution < -0.4 is 9.64 Å². The fraction of sp³-hybridized carbons (Fsp3) is 0.419. The summed E-state index contributed by atoms with van der Waals surface area (Å²) in [6.45, 7) is 7.05. The van der Waals surface area contributed by atoms with Gasteiger partial charge in [-0.05, 0) is 43.5 Å². The first kappa shape index (κ1) is 28.1. The van der Waals surface area contributed by atoms with Crippen molar-refractivity contribution in [2.24, 2.45) is 0 Å². The van der Waals surface area contributed by atoms with Crippen LogP contribution in [0.1, 0.15) is 47.8 Å². The van der Waals surface area contributed by atoms with Crippen molar-refractivity contribution in [3.63, 3.8) is 0 Å². The number of rotatable bonds is 5. The number of nitriles is 1. The number of alkyl halides is 3. The number of likely N-dealkylation sites (N-methyl/N-ethyl adjacent to an activating group) is 1. The summed E-state index contributed by atoms with van der Waals surface area (Å²) in [5.41, 5.74) is 2.71. The van der Waals surface area contributed by atoms with Crippen molar-refractivity contribution >= 4 is 28.1 Å². The minimum absolute atomic E-state index is 0.00953. The second-order valence-electron chi connectivity index (χ2n) is 11.1. The molecule has 2 atom stereocenters. The van der Waals surface area contributed by atoms with Gasteiger partial charge in [0.25, 0.3) is 0 Å². The summed E-state index contributed by atoms with van der Waals surface area (Å²) in [7, 11) is 1.60. The van der Waals surface area contributed by atoms with Gasteiger partial charge in [0.05, 0.1) is 30.2 Å². The van der Waals surface area contributed by atoms with E-state index in [1.165, 1.54) is 17.0 Å². The molecule has 0 aliphatic carbocycles. The molecule has 8 nitrogen and oxygen atoms in total. The summed E-state index contributed by atoms with van der Waals surface area (Å²) in [5.74, 6) is 0.700. The molecular formula is C31H31F3N4O4. The summed E-state index contributed by atoms with van der Waals surface area (Å²) >= 11 is 0. The van der Waals surface area contributed by atoms with Crippen LogP contribution in [0.4, 0.5) is 18.9 Å². The molecule has 6 rings (SSSR count). The smallest absolute Gasteiger partial charge is 0.416 e. The topological polar surface area (TPSA) is 95.0 Å². The van der Waals surface area contributed by atoms with Crippen molar-refractivity contribution in [3.05, 3.63) is 65.1 Å². The molecule has 0 radical (unpaired) electrons. The Morgan fingerprint density at radius 2 is 1.95 bits per heavy atom. The molecule has 1 N–H and O–H groups in total. The van der Waals surface area contributed by atoms with E-state index >= 15 is 0 Å². The van der Waals surface area contributed by atoms with Gasteiger partial charge in [-0.15, -0.1) is 0 Å². The number of ether oxygens (including phenoxy) is 2. The van der Waals surface area contributed by atoms with Crippen LogP contribution in [-0.4, -0.2) is 66.8 Å². The largest absolute Gasteiger partial charge is 0.487 e. The van der Waals surface area contributed by atoms with Crippen LogP contribution in [-0.2, 0) is 4.74 Å². The van der Waals surface area contributed by atoms with Crippen LogP contribution >= 0.6 is 0 Å². The van der Waals surface area contributed by atoms with Gasteiger partial charge < -0.3 is 28.8 Å². The SMILES string of the molecule is C=C(c1cc2c(cc1OC1CCOC1)N(C)C(O)C(C#N)=C2N1CCC(c2nc3cc(C)ccc3o2)CC1)C(F)(F)F. The van der Waals surface area contributed by atoms with Crippen molar-refractivity contribution in [2.45, 2.75) is 50.6 Å². The van der Waals surface area contributed by atoms with Gasteiger partial charge in [0, 0.05) is 49.7 Å². The predicted molar refractivity (Wildman–Crippen MR) is 151 cm³/mol. The number of allylic oxidation sites excluding steroid dienone is 1. The highest BCUT2D eigenvalue weighted by Gasteiger charge is 2.40. The Morgan fingerprint density at radius 3 is 2.62 bits per heavy atom. The molecule has 0 saturated carbocycles. The Kier molecular flexibility index (Phi) is 7.15. The highest BCUT2D eigenvalue weighted by atomic mass is 19.4. The maximum Gasteiger partial charge on any atom is 0.416 e. The fourth-order valence-corrected chi connectivity index (χ4v) is 5.95. The van der Waals surface area contributed by atoms with E-state index < -0.39 is 24.1 Å². The summed E-state index contributed by atoms with van der Waals surface area (Å²) < 4.78 is 59.3. The van der Waals surface area contributed by atoms with E-state index in [4.69, 9.17) is 18.9 Å². The molecule has 0 amide bonds. The first-order valence-electron chi connectivity index (χ1n) is 13.9. The molecular weight excluding hydrogens is 549 g/mol. The first-order valence-corrected chi connectivity index (χ1v) is 13.9. The molecule has 2 saturated heterocycles. The van der Waals surface area contributed by atoms with Crippen LogP contribution in [0.25, 0.3) is 22.4 Å². The molecule has 3 aliphatic rings. The Labute approximate surface area is 241 Å². The first-order chi connectivity index (χ1) is 20.0. The number of aryl methyl sites for hydroxylation is 1. The van der Waals surface area contributed by atoms with Gasteiger partial charge in [-0.3, -0.25) is 0 Å². The van der Waals surface area contributed by atoms with Gasteiger partial charge in [-0.25, -0.2) is 4.98 Å². The van der Waals surface area contributed by atoms with Gasteiger partial charge in [-0.2, -0.15) is 18.4 Å². The molecule has 0 spiro atoms. The number of benzene rings is 2. The molecule has 2 aromatic carbocycles. The normalized spacial score (nSPS) is 21.5. The van der Waals surface area contributed by atoms with E-state index in [2.05, 4.69) is 12.6 Å². The third-order valence-electron chi connectivity index (χ3n) is 8.30. The number of fused-ring (bicyclic) bond motifs is 2. The number of aliphatic hydroxyl groups is 1. The molecule has 4 heterocycles. The number of hydrogen-bond donors (Lipinski definition) is 1. The molecule has 11 heteroatoms. The van der Waals surface area contributed by atoms with Crippen molar-refractivity contribution in [2.75, 3.05) is 38.3 Å². The van der Waals surface area contributed by atoms with E-state index in [1.807, 2.05) is 30.0 Å². The quantitative estimate of drug-likeness (QED) is 0.407. The van der Waals surface area contributed by atoms with Crippen LogP contribution in [0, 0.1) is 18.3 Å². The molecule has 2 unspecified atom stereocenters. The summed E-state index contributed by atoms with van der Waals surface area (Å²) in [6.07, 6.45) is -4.53. The van der Waals surface area contributed by atoms with E-state index in [0.29, 0.717) is 61.8 Å². The predicted octanol–water partition coefficient (Wildman–Crippen LogP) is 5.76. The monoisotopic (exact) mass is 580 g/mol. The van der Waals surface area contributed by atoms with Crippen molar-refractivity contribution < 1.29 is 32.2 Å². The minimum atomic E-state index is -4.70. The zero-order valence-electron chi connectivity index (χ0n) is 23.4. The zero-order valence-corrected chi connectivity index (χ0v) is 23.4. The maximum absolute atomic E-state index is 14.0. The third kappa shape index (κ3) is 4.99. The standard InChI is InChI=1S/C31H31F3N4O4/c1-17-4-5-26-24(12-17)36-29(42-26)19-6-9-38(10-7-19)28-22-13-21(18(2)31(32,33)34)27(41-20-8-11-40-16-20)14-25(22)37(3)30(39)23(28)15-35/h4-5,12-14,19-20,30,39H,2,6-11,16H2,1,3H3. The van der Waals surface area contributed by atoms with Crippen LogP contribution in [0.5, 0.6) is 5.75 Å². The van der Waals surface area contributed by atoms with Gasteiger partial charge in [0.15, 0.2) is 17.7 Å². The fourth-order valence-electron chi connectivity index (χ4n) is 5.95. The number of nitrogens with zero attached hydrogens (tertiary/aromatic N) is 4. The Balaban J connectivity index is 1.36. The lowest BCUT2D eigenvalue weighted by atomic mass is 9.90. The van der Waals surface area contributed by atoms with Crippen LogP contribution in [0.2, 0.25) is 0 Å².